The summed E-state index contributed by atoms with van der Waals surface area (Å²) in [6.45, 7) is 9.45. The van der Waals surface area contributed by atoms with Crippen LogP contribution in [0.25, 0.3) is 0 Å². The summed E-state index contributed by atoms with van der Waals surface area (Å²) < 4.78 is 0. The highest BCUT2D eigenvalue weighted by Crippen LogP contribution is 2.38. The van der Waals surface area contributed by atoms with Crippen LogP contribution < -0.4 is 5.32 Å². The maximum atomic E-state index is 6.25. The first-order valence-electron chi connectivity index (χ1n) is 7.87. The van der Waals surface area contributed by atoms with Crippen LogP contribution in [-0.2, 0) is 6.42 Å². The molecule has 2 heteroatoms. The minimum Gasteiger partial charge on any atom is -0.311 e. The minimum atomic E-state index is 0.476. The highest BCUT2D eigenvalue weighted by atomic mass is 35.5. The van der Waals surface area contributed by atoms with Crippen molar-refractivity contribution in [3.8, 4) is 0 Å². The quantitative estimate of drug-likeness (QED) is 0.817. The Morgan fingerprint density at radius 2 is 2.05 bits per heavy atom. The molecule has 1 nitrogen and oxygen atoms in total. The van der Waals surface area contributed by atoms with E-state index in [1.807, 2.05) is 12.1 Å². The molecule has 3 unspecified atom stereocenters. The number of nitrogens with one attached hydrogen (secondary N) is 1. The Morgan fingerprint density at radius 3 is 2.70 bits per heavy atom. The van der Waals surface area contributed by atoms with Gasteiger partial charge >= 0.3 is 0 Å². The molecule has 1 aliphatic carbocycles. The van der Waals surface area contributed by atoms with Gasteiger partial charge in [-0.1, -0.05) is 50.6 Å². The fourth-order valence-corrected chi connectivity index (χ4v) is 3.83. The second-order valence-corrected chi connectivity index (χ2v) is 7.76. The Bertz CT molecular complexity index is 441. The van der Waals surface area contributed by atoms with E-state index in [1.54, 1.807) is 0 Å². The second-order valence-electron chi connectivity index (χ2n) is 7.35. The Kier molecular flexibility index (Phi) is 5.14. The van der Waals surface area contributed by atoms with Crippen molar-refractivity contribution in [2.75, 3.05) is 0 Å². The predicted molar refractivity (Wildman–Crippen MR) is 88.3 cm³/mol. The van der Waals surface area contributed by atoms with Crippen molar-refractivity contribution in [3.63, 3.8) is 0 Å². The van der Waals surface area contributed by atoms with E-state index < -0.39 is 0 Å². The maximum absolute atomic E-state index is 6.25. The van der Waals surface area contributed by atoms with E-state index >= 15 is 0 Å². The molecule has 0 radical (unpaired) electrons. The maximum Gasteiger partial charge on any atom is 0.0438 e. The van der Waals surface area contributed by atoms with Crippen LogP contribution in [0.2, 0.25) is 5.02 Å². The van der Waals surface area contributed by atoms with Crippen LogP contribution in [0.4, 0.5) is 0 Å². The molecule has 112 valence electrons. The third-order valence-corrected chi connectivity index (χ3v) is 5.04. The van der Waals surface area contributed by atoms with E-state index in [4.69, 9.17) is 11.6 Å². The highest BCUT2D eigenvalue weighted by Gasteiger charge is 2.32. The van der Waals surface area contributed by atoms with E-state index in [9.17, 15) is 0 Å². The molecule has 0 aliphatic heterocycles. The highest BCUT2D eigenvalue weighted by molar-refractivity contribution is 6.31. The average Bonchev–Trinajstić information content (AvgIpc) is 2.35. The van der Waals surface area contributed by atoms with Gasteiger partial charge in [0.25, 0.3) is 0 Å². The fourth-order valence-electron chi connectivity index (χ4n) is 3.61. The molecule has 1 aromatic rings. The van der Waals surface area contributed by atoms with Gasteiger partial charge in [0.05, 0.1) is 0 Å². The summed E-state index contributed by atoms with van der Waals surface area (Å²) in [6.07, 6.45) is 4.95. The van der Waals surface area contributed by atoms with E-state index in [0.29, 0.717) is 17.5 Å². The Hall–Kier alpha value is -0.530. The van der Waals surface area contributed by atoms with Crippen LogP contribution in [0.15, 0.2) is 24.3 Å². The molecule has 1 fully saturated rings. The smallest absolute Gasteiger partial charge is 0.0438 e. The Labute approximate surface area is 129 Å². The van der Waals surface area contributed by atoms with Crippen molar-refractivity contribution in [3.05, 3.63) is 34.9 Å². The number of benzene rings is 1. The summed E-state index contributed by atoms with van der Waals surface area (Å²) in [5.74, 6) is 0.757. The average molecular weight is 294 g/mol. The molecule has 0 spiro atoms. The zero-order chi connectivity index (χ0) is 14.8. The van der Waals surface area contributed by atoms with Gasteiger partial charge in [-0.05, 0) is 55.6 Å². The van der Waals surface area contributed by atoms with Gasteiger partial charge in [0, 0.05) is 17.1 Å². The summed E-state index contributed by atoms with van der Waals surface area (Å²) in [5.41, 5.74) is 1.77. The normalized spacial score (nSPS) is 27.2. The van der Waals surface area contributed by atoms with Gasteiger partial charge in [0.15, 0.2) is 0 Å². The van der Waals surface area contributed by atoms with Gasteiger partial charge in [-0.15, -0.1) is 0 Å². The summed E-state index contributed by atoms with van der Waals surface area (Å²) in [5, 5.41) is 4.71. The SMILES string of the molecule is CC(Cc1ccccc1Cl)NC1CCC(C)(C)CC1C. The molecule has 0 amide bonds. The fraction of sp³-hybridized carbons (Fsp3) is 0.667. The molecule has 0 saturated heterocycles. The van der Waals surface area contributed by atoms with Crippen LogP contribution >= 0.6 is 11.6 Å². The molecule has 20 heavy (non-hydrogen) atoms. The topological polar surface area (TPSA) is 12.0 Å². The van der Waals surface area contributed by atoms with Crippen LogP contribution in [0.3, 0.4) is 0 Å². The lowest BCUT2D eigenvalue weighted by molar-refractivity contribution is 0.142. The van der Waals surface area contributed by atoms with Gasteiger partial charge in [-0.2, -0.15) is 0 Å². The first kappa shape index (κ1) is 15.9. The standard InChI is InChI=1S/C18H28ClN/c1-13-12-18(3,4)10-9-17(13)20-14(2)11-15-7-5-6-8-16(15)19/h5-8,13-14,17,20H,9-12H2,1-4H3. The molecule has 1 aromatic carbocycles. The van der Waals surface area contributed by atoms with Crippen LogP contribution in [0, 0.1) is 11.3 Å². The monoisotopic (exact) mass is 293 g/mol. The van der Waals surface area contributed by atoms with Crippen LogP contribution in [0.5, 0.6) is 0 Å². The van der Waals surface area contributed by atoms with Crippen molar-refractivity contribution in [2.45, 2.75) is 65.5 Å². The molecular formula is C18H28ClN. The van der Waals surface area contributed by atoms with Gasteiger partial charge in [-0.25, -0.2) is 0 Å². The Morgan fingerprint density at radius 1 is 1.35 bits per heavy atom. The van der Waals surface area contributed by atoms with Gasteiger partial charge < -0.3 is 5.32 Å². The van der Waals surface area contributed by atoms with E-state index in [2.05, 4.69) is 45.1 Å². The molecular weight excluding hydrogens is 266 g/mol. The second kappa shape index (κ2) is 6.49. The first-order chi connectivity index (χ1) is 9.37. The third kappa shape index (κ3) is 4.23. The molecule has 1 aliphatic rings. The number of rotatable bonds is 4. The molecule has 1 N–H and O–H groups in total. The minimum absolute atomic E-state index is 0.476. The van der Waals surface area contributed by atoms with Crippen molar-refractivity contribution >= 4 is 11.6 Å². The zero-order valence-corrected chi connectivity index (χ0v) is 14.0. The van der Waals surface area contributed by atoms with E-state index in [1.165, 1.54) is 24.8 Å². The first-order valence-corrected chi connectivity index (χ1v) is 8.25. The molecule has 3 atom stereocenters. The van der Waals surface area contributed by atoms with E-state index in [-0.39, 0.29) is 0 Å². The molecule has 2 rings (SSSR count). The lowest BCUT2D eigenvalue weighted by atomic mass is 9.70. The molecule has 0 aromatic heterocycles. The number of hydrogen-bond donors (Lipinski definition) is 1. The van der Waals surface area contributed by atoms with Crippen molar-refractivity contribution in [1.82, 2.24) is 5.32 Å². The molecule has 1 saturated carbocycles. The van der Waals surface area contributed by atoms with E-state index in [0.717, 1.165) is 17.4 Å². The van der Waals surface area contributed by atoms with Gasteiger partial charge in [0.1, 0.15) is 0 Å². The summed E-state index contributed by atoms with van der Waals surface area (Å²) in [6, 6.07) is 9.31. The molecule has 0 heterocycles. The lowest BCUT2D eigenvalue weighted by Gasteiger charge is -2.40. The van der Waals surface area contributed by atoms with Crippen molar-refractivity contribution < 1.29 is 0 Å². The summed E-state index contributed by atoms with van der Waals surface area (Å²) in [4.78, 5) is 0. The molecule has 0 bridgehead atoms. The van der Waals surface area contributed by atoms with Crippen molar-refractivity contribution in [1.29, 1.82) is 0 Å². The number of halogens is 1. The summed E-state index contributed by atoms with van der Waals surface area (Å²) >= 11 is 6.25. The largest absolute Gasteiger partial charge is 0.311 e. The lowest BCUT2D eigenvalue weighted by Crippen LogP contribution is -2.46. The van der Waals surface area contributed by atoms with Crippen LogP contribution in [-0.4, -0.2) is 12.1 Å². The van der Waals surface area contributed by atoms with Crippen molar-refractivity contribution in [2.24, 2.45) is 11.3 Å². The predicted octanol–water partition coefficient (Wildman–Crippen LogP) is 5.08. The van der Waals surface area contributed by atoms with Crippen LogP contribution in [0.1, 0.15) is 52.5 Å². The summed E-state index contributed by atoms with van der Waals surface area (Å²) in [7, 11) is 0. The third-order valence-electron chi connectivity index (χ3n) is 4.68. The number of hydrogen-bond acceptors (Lipinski definition) is 1. The zero-order valence-electron chi connectivity index (χ0n) is 13.2. The van der Waals surface area contributed by atoms with Gasteiger partial charge in [0.2, 0.25) is 0 Å². The van der Waals surface area contributed by atoms with Gasteiger partial charge in [-0.3, -0.25) is 0 Å². The Balaban J connectivity index is 1.89.